The van der Waals surface area contributed by atoms with Gasteiger partial charge in [0.25, 0.3) is 5.69 Å². The van der Waals surface area contributed by atoms with Crippen LogP contribution in [0, 0.1) is 21.4 Å². The molecule has 126 valence electrons. The Hall–Kier alpha value is -2.02. The summed E-state index contributed by atoms with van der Waals surface area (Å²) >= 11 is 0. The number of aryl methyl sites for hydroxylation is 1. The van der Waals surface area contributed by atoms with Crippen molar-refractivity contribution in [1.82, 2.24) is 4.31 Å². The summed E-state index contributed by atoms with van der Waals surface area (Å²) in [5, 5.41) is 19.6. The van der Waals surface area contributed by atoms with Crippen molar-refractivity contribution in [3.63, 3.8) is 0 Å². The number of nitro benzene ring substituents is 1. The van der Waals surface area contributed by atoms with Crippen LogP contribution in [-0.2, 0) is 21.2 Å². The fourth-order valence-corrected chi connectivity index (χ4v) is 3.79. The molecule has 0 aliphatic heterocycles. The highest BCUT2D eigenvalue weighted by atomic mass is 32.2. The first-order valence-electron chi connectivity index (χ1n) is 7.01. The monoisotopic (exact) mass is 341 g/mol. The van der Waals surface area contributed by atoms with Crippen molar-refractivity contribution in [1.29, 1.82) is 5.26 Å². The van der Waals surface area contributed by atoms with E-state index in [0.29, 0.717) is 12.0 Å². The van der Waals surface area contributed by atoms with E-state index in [9.17, 15) is 18.5 Å². The molecule has 0 aromatic heterocycles. The zero-order valence-electron chi connectivity index (χ0n) is 13.1. The van der Waals surface area contributed by atoms with Crippen molar-refractivity contribution < 1.29 is 18.1 Å². The minimum Gasteiger partial charge on any atom is -0.383 e. The number of sulfonamides is 1. The van der Waals surface area contributed by atoms with Gasteiger partial charge in [-0.2, -0.15) is 9.57 Å². The molecule has 9 heteroatoms. The van der Waals surface area contributed by atoms with Crippen LogP contribution in [0.2, 0.25) is 0 Å². The Labute approximate surface area is 135 Å². The molecule has 0 saturated heterocycles. The van der Waals surface area contributed by atoms with Crippen LogP contribution in [0.15, 0.2) is 23.1 Å². The largest absolute Gasteiger partial charge is 0.383 e. The SMILES string of the molecule is CCc1ccc([N+](=O)[O-])cc1S(=O)(=O)N(CCC#N)CCOC. The van der Waals surface area contributed by atoms with Crippen molar-refractivity contribution in [2.75, 3.05) is 26.8 Å². The number of methoxy groups -OCH3 is 1. The van der Waals surface area contributed by atoms with E-state index in [1.54, 1.807) is 6.92 Å². The Morgan fingerprint density at radius 3 is 2.61 bits per heavy atom. The molecule has 0 spiro atoms. The van der Waals surface area contributed by atoms with Crippen LogP contribution in [0.1, 0.15) is 18.9 Å². The molecule has 0 radical (unpaired) electrons. The summed E-state index contributed by atoms with van der Waals surface area (Å²) in [6.45, 7) is 2.02. The maximum Gasteiger partial charge on any atom is 0.270 e. The third kappa shape index (κ3) is 4.72. The number of hydrogen-bond donors (Lipinski definition) is 0. The lowest BCUT2D eigenvalue weighted by Gasteiger charge is -2.22. The van der Waals surface area contributed by atoms with Crippen LogP contribution in [-0.4, -0.2) is 44.5 Å². The fraction of sp³-hybridized carbons (Fsp3) is 0.500. The van der Waals surface area contributed by atoms with Gasteiger partial charge < -0.3 is 4.74 Å². The summed E-state index contributed by atoms with van der Waals surface area (Å²) in [5.41, 5.74) is 0.211. The van der Waals surface area contributed by atoms with Crippen molar-refractivity contribution in [2.24, 2.45) is 0 Å². The second-order valence-corrected chi connectivity index (χ2v) is 6.61. The highest BCUT2D eigenvalue weighted by molar-refractivity contribution is 7.89. The molecule has 0 bridgehead atoms. The van der Waals surface area contributed by atoms with Gasteiger partial charge in [0.1, 0.15) is 0 Å². The minimum absolute atomic E-state index is 0.00798. The van der Waals surface area contributed by atoms with Gasteiger partial charge in [-0.25, -0.2) is 8.42 Å². The maximum atomic E-state index is 12.8. The molecule has 0 unspecified atom stereocenters. The highest BCUT2D eigenvalue weighted by Gasteiger charge is 2.28. The van der Waals surface area contributed by atoms with E-state index in [0.717, 1.165) is 10.4 Å². The van der Waals surface area contributed by atoms with Crippen molar-refractivity contribution >= 4 is 15.7 Å². The molecule has 0 aliphatic carbocycles. The number of nitriles is 1. The standard InChI is InChI=1S/C14H19N3O5S/c1-3-12-5-6-13(17(18)19)11-14(12)23(20,21)16(8-4-7-15)9-10-22-2/h5-6,11H,3-4,8-10H2,1-2H3. The predicted octanol–water partition coefficient (Wildman–Crippen LogP) is 1.71. The zero-order chi connectivity index (χ0) is 17.5. The van der Waals surface area contributed by atoms with Gasteiger partial charge in [0.2, 0.25) is 10.0 Å². The van der Waals surface area contributed by atoms with Crippen LogP contribution in [0.25, 0.3) is 0 Å². The lowest BCUT2D eigenvalue weighted by molar-refractivity contribution is -0.385. The first kappa shape index (κ1) is 19.0. The van der Waals surface area contributed by atoms with E-state index in [-0.39, 0.29) is 36.7 Å². The maximum absolute atomic E-state index is 12.8. The van der Waals surface area contributed by atoms with Crippen molar-refractivity contribution in [3.8, 4) is 6.07 Å². The Morgan fingerprint density at radius 1 is 1.39 bits per heavy atom. The third-order valence-electron chi connectivity index (χ3n) is 3.28. The van der Waals surface area contributed by atoms with Crippen LogP contribution in [0.3, 0.4) is 0 Å². The average Bonchev–Trinajstić information content (AvgIpc) is 2.53. The van der Waals surface area contributed by atoms with Gasteiger partial charge >= 0.3 is 0 Å². The number of rotatable bonds is 9. The zero-order valence-corrected chi connectivity index (χ0v) is 13.9. The Bertz CT molecular complexity index is 697. The third-order valence-corrected chi connectivity index (χ3v) is 5.26. The average molecular weight is 341 g/mol. The predicted molar refractivity (Wildman–Crippen MR) is 83.3 cm³/mol. The van der Waals surface area contributed by atoms with E-state index < -0.39 is 14.9 Å². The summed E-state index contributed by atoms with van der Waals surface area (Å²) < 4.78 is 31.7. The summed E-state index contributed by atoms with van der Waals surface area (Å²) in [6, 6.07) is 5.70. The van der Waals surface area contributed by atoms with Crippen LogP contribution in [0.5, 0.6) is 0 Å². The number of benzene rings is 1. The second kappa shape index (κ2) is 8.57. The molecule has 0 saturated carbocycles. The summed E-state index contributed by atoms with van der Waals surface area (Å²) in [6.07, 6.45) is 0.447. The van der Waals surface area contributed by atoms with E-state index >= 15 is 0 Å². The Kier molecular flexibility index (Phi) is 7.09. The van der Waals surface area contributed by atoms with Gasteiger partial charge in [-0.15, -0.1) is 0 Å². The van der Waals surface area contributed by atoms with Gasteiger partial charge in [0.05, 0.1) is 22.5 Å². The van der Waals surface area contributed by atoms with E-state index in [4.69, 9.17) is 10.00 Å². The molecule has 1 aromatic rings. The van der Waals surface area contributed by atoms with Crippen molar-refractivity contribution in [3.05, 3.63) is 33.9 Å². The molecule has 0 atom stereocenters. The lowest BCUT2D eigenvalue weighted by atomic mass is 10.1. The Morgan fingerprint density at radius 2 is 2.09 bits per heavy atom. The Balaban J connectivity index is 3.34. The van der Waals surface area contributed by atoms with Gasteiger partial charge in [-0.1, -0.05) is 13.0 Å². The topological polar surface area (TPSA) is 114 Å². The quantitative estimate of drug-likeness (QED) is 0.499. The molecule has 8 nitrogen and oxygen atoms in total. The second-order valence-electron chi connectivity index (χ2n) is 4.71. The van der Waals surface area contributed by atoms with Crippen LogP contribution < -0.4 is 0 Å². The molecule has 1 aromatic carbocycles. The van der Waals surface area contributed by atoms with Gasteiger partial charge in [-0.05, 0) is 12.0 Å². The molecule has 1 rings (SSSR count). The molecule has 0 aliphatic rings. The number of hydrogen-bond acceptors (Lipinski definition) is 6. The normalized spacial score (nSPS) is 11.4. The fourth-order valence-electron chi connectivity index (χ4n) is 2.05. The van der Waals surface area contributed by atoms with E-state index in [1.165, 1.54) is 19.2 Å². The molecule has 0 N–H and O–H groups in total. The minimum atomic E-state index is -3.95. The molecule has 0 heterocycles. The molecule has 0 amide bonds. The van der Waals surface area contributed by atoms with Crippen LogP contribution >= 0.6 is 0 Å². The molecule has 23 heavy (non-hydrogen) atoms. The molecule has 0 fully saturated rings. The first-order valence-corrected chi connectivity index (χ1v) is 8.45. The summed E-state index contributed by atoms with van der Waals surface area (Å²) in [4.78, 5) is 10.2. The summed E-state index contributed by atoms with van der Waals surface area (Å²) in [5.74, 6) is 0. The van der Waals surface area contributed by atoms with Gasteiger partial charge in [0.15, 0.2) is 0 Å². The van der Waals surface area contributed by atoms with E-state index in [1.807, 2.05) is 6.07 Å². The van der Waals surface area contributed by atoms with Gasteiger partial charge in [-0.3, -0.25) is 10.1 Å². The molecular formula is C14H19N3O5S. The molecular weight excluding hydrogens is 322 g/mol. The first-order chi connectivity index (χ1) is 10.9. The lowest BCUT2D eigenvalue weighted by Crippen LogP contribution is -2.35. The van der Waals surface area contributed by atoms with E-state index in [2.05, 4.69) is 0 Å². The summed E-state index contributed by atoms with van der Waals surface area (Å²) in [7, 11) is -2.50. The van der Waals surface area contributed by atoms with Crippen LogP contribution in [0.4, 0.5) is 5.69 Å². The van der Waals surface area contributed by atoms with Crippen molar-refractivity contribution in [2.45, 2.75) is 24.7 Å². The number of nitrogens with zero attached hydrogens (tertiary/aromatic N) is 3. The number of nitro groups is 1. The van der Waals surface area contributed by atoms with Gasteiger partial charge in [0, 0.05) is 38.8 Å². The smallest absolute Gasteiger partial charge is 0.270 e. The highest BCUT2D eigenvalue weighted by Crippen LogP contribution is 2.26. The number of non-ortho nitro benzene ring substituents is 1. The number of ether oxygens (including phenoxy) is 1.